The minimum Gasteiger partial charge on any atom is -0.383 e. The van der Waals surface area contributed by atoms with Crippen LogP contribution in [0, 0.1) is 6.92 Å². The predicted molar refractivity (Wildman–Crippen MR) is 98.0 cm³/mol. The maximum Gasteiger partial charge on any atom is 0.263 e. The molecule has 2 saturated heterocycles. The van der Waals surface area contributed by atoms with E-state index in [0.717, 1.165) is 48.8 Å². The van der Waals surface area contributed by atoms with Crippen molar-refractivity contribution in [3.63, 3.8) is 0 Å². The molecule has 0 aromatic carbocycles. The van der Waals surface area contributed by atoms with E-state index in [2.05, 4.69) is 4.90 Å². The maximum atomic E-state index is 12.7. The molecule has 0 aliphatic carbocycles. The molecule has 2 aliphatic rings. The third-order valence-electron chi connectivity index (χ3n) is 5.04. The van der Waals surface area contributed by atoms with Gasteiger partial charge in [0.05, 0.1) is 17.5 Å². The fraction of sp³-hybridized carbons (Fsp3) is 0.667. The van der Waals surface area contributed by atoms with Gasteiger partial charge < -0.3 is 14.5 Å². The molecule has 3 rings (SSSR count). The summed E-state index contributed by atoms with van der Waals surface area (Å²) in [6.07, 6.45) is 1.79. The number of thiophene rings is 1. The van der Waals surface area contributed by atoms with Crippen LogP contribution in [0.2, 0.25) is 0 Å². The van der Waals surface area contributed by atoms with E-state index in [0.29, 0.717) is 19.7 Å². The van der Waals surface area contributed by atoms with Crippen molar-refractivity contribution in [1.29, 1.82) is 0 Å². The highest BCUT2D eigenvalue weighted by atomic mass is 32.1. The minimum absolute atomic E-state index is 0.0316. The molecule has 0 saturated carbocycles. The zero-order valence-corrected chi connectivity index (χ0v) is 15.9. The fourth-order valence-electron chi connectivity index (χ4n) is 3.64. The topological polar surface area (TPSA) is 53.1 Å². The first kappa shape index (κ1) is 18.4. The molecule has 1 aromatic heterocycles. The minimum atomic E-state index is -0.0316. The third-order valence-corrected chi connectivity index (χ3v) is 6.03. The number of carbonyl (C=O) groups is 2. The lowest BCUT2D eigenvalue weighted by molar-refractivity contribution is -0.132. The van der Waals surface area contributed by atoms with E-state index >= 15 is 0 Å². The number of hydrogen-bond acceptors (Lipinski definition) is 5. The van der Waals surface area contributed by atoms with Crippen LogP contribution >= 0.6 is 11.3 Å². The van der Waals surface area contributed by atoms with Gasteiger partial charge >= 0.3 is 0 Å². The van der Waals surface area contributed by atoms with Crippen LogP contribution in [0.3, 0.4) is 0 Å². The molecule has 6 nitrogen and oxygen atoms in total. The number of ether oxygens (including phenoxy) is 1. The number of likely N-dealkylation sites (tertiary alicyclic amines) is 1. The highest BCUT2D eigenvalue weighted by Gasteiger charge is 2.36. The van der Waals surface area contributed by atoms with Gasteiger partial charge in [-0.3, -0.25) is 14.5 Å². The van der Waals surface area contributed by atoms with Gasteiger partial charge in [-0.2, -0.15) is 0 Å². The van der Waals surface area contributed by atoms with Crippen LogP contribution < -0.4 is 0 Å². The average molecular weight is 365 g/mol. The second-order valence-electron chi connectivity index (χ2n) is 6.71. The van der Waals surface area contributed by atoms with Crippen molar-refractivity contribution < 1.29 is 14.3 Å². The molecule has 0 spiro atoms. The molecular formula is C18H27N3O3S. The smallest absolute Gasteiger partial charge is 0.263 e. The SMILES string of the molecule is COCCN1CCC(N2CCCN(C(=O)c3ccc(C)s3)CC2)C1=O. The number of carbonyl (C=O) groups excluding carboxylic acids is 2. The van der Waals surface area contributed by atoms with E-state index in [9.17, 15) is 9.59 Å². The Morgan fingerprint density at radius 3 is 2.80 bits per heavy atom. The van der Waals surface area contributed by atoms with E-state index in [1.165, 1.54) is 0 Å². The first-order valence-electron chi connectivity index (χ1n) is 8.97. The van der Waals surface area contributed by atoms with Gasteiger partial charge in [-0.1, -0.05) is 0 Å². The first-order chi connectivity index (χ1) is 12.1. The van der Waals surface area contributed by atoms with E-state index in [1.807, 2.05) is 28.9 Å². The molecule has 0 N–H and O–H groups in total. The lowest BCUT2D eigenvalue weighted by atomic mass is 10.2. The Labute approximate surface area is 153 Å². The predicted octanol–water partition coefficient (Wildman–Crippen LogP) is 1.45. The van der Waals surface area contributed by atoms with Gasteiger partial charge in [-0.25, -0.2) is 0 Å². The first-order valence-corrected chi connectivity index (χ1v) is 9.79. The molecule has 1 unspecified atom stereocenters. The van der Waals surface area contributed by atoms with Gasteiger partial charge in [-0.05, 0) is 31.9 Å². The molecule has 3 heterocycles. The van der Waals surface area contributed by atoms with Crippen molar-refractivity contribution in [3.05, 3.63) is 21.9 Å². The molecule has 0 bridgehead atoms. The quantitative estimate of drug-likeness (QED) is 0.793. The Hall–Kier alpha value is -1.44. The number of amides is 2. The summed E-state index contributed by atoms with van der Waals surface area (Å²) in [5, 5.41) is 0. The van der Waals surface area contributed by atoms with Crippen LogP contribution in [0.4, 0.5) is 0 Å². The Balaban J connectivity index is 1.57. The van der Waals surface area contributed by atoms with Gasteiger partial charge in [0.2, 0.25) is 5.91 Å². The molecule has 2 fully saturated rings. The van der Waals surface area contributed by atoms with Crippen molar-refractivity contribution in [2.75, 3.05) is 53.0 Å². The number of nitrogens with zero attached hydrogens (tertiary/aromatic N) is 3. The molecule has 2 aliphatic heterocycles. The fourth-order valence-corrected chi connectivity index (χ4v) is 4.48. The highest BCUT2D eigenvalue weighted by Crippen LogP contribution is 2.21. The van der Waals surface area contributed by atoms with E-state index in [1.54, 1.807) is 18.4 Å². The van der Waals surface area contributed by atoms with E-state index < -0.39 is 0 Å². The van der Waals surface area contributed by atoms with Gasteiger partial charge in [0.1, 0.15) is 0 Å². The summed E-state index contributed by atoms with van der Waals surface area (Å²) in [5.74, 6) is 0.338. The van der Waals surface area contributed by atoms with Gasteiger partial charge in [0, 0.05) is 51.3 Å². The van der Waals surface area contributed by atoms with Crippen LogP contribution in [-0.4, -0.2) is 85.5 Å². The monoisotopic (exact) mass is 365 g/mol. The van der Waals surface area contributed by atoms with E-state index in [-0.39, 0.29) is 17.9 Å². The van der Waals surface area contributed by atoms with Gasteiger partial charge in [0.15, 0.2) is 0 Å². The Kier molecular flexibility index (Phi) is 6.09. The van der Waals surface area contributed by atoms with Crippen molar-refractivity contribution in [2.45, 2.75) is 25.8 Å². The third kappa shape index (κ3) is 4.22. The summed E-state index contributed by atoms with van der Waals surface area (Å²) in [7, 11) is 1.66. The van der Waals surface area contributed by atoms with Crippen LogP contribution in [0.15, 0.2) is 12.1 Å². The van der Waals surface area contributed by atoms with Crippen LogP contribution in [0.5, 0.6) is 0 Å². The van der Waals surface area contributed by atoms with Crippen molar-refractivity contribution in [2.24, 2.45) is 0 Å². The second-order valence-corrected chi connectivity index (χ2v) is 8.00. The summed E-state index contributed by atoms with van der Waals surface area (Å²) in [5.41, 5.74) is 0. The largest absolute Gasteiger partial charge is 0.383 e. The summed E-state index contributed by atoms with van der Waals surface area (Å²) in [4.78, 5) is 33.3. The van der Waals surface area contributed by atoms with Gasteiger partial charge in [-0.15, -0.1) is 11.3 Å². The average Bonchev–Trinajstić information content (AvgIpc) is 3.10. The summed E-state index contributed by atoms with van der Waals surface area (Å²) >= 11 is 1.55. The lowest BCUT2D eigenvalue weighted by Crippen LogP contribution is -2.44. The number of aryl methyl sites for hydroxylation is 1. The molecule has 2 amide bonds. The summed E-state index contributed by atoms with van der Waals surface area (Å²) in [6, 6.07) is 3.88. The normalized spacial score (nSPS) is 22.5. The number of methoxy groups -OCH3 is 1. The summed E-state index contributed by atoms with van der Waals surface area (Å²) < 4.78 is 5.09. The number of hydrogen-bond donors (Lipinski definition) is 0. The van der Waals surface area contributed by atoms with Crippen molar-refractivity contribution in [3.8, 4) is 0 Å². The van der Waals surface area contributed by atoms with Gasteiger partial charge in [0.25, 0.3) is 5.91 Å². The Morgan fingerprint density at radius 2 is 2.08 bits per heavy atom. The molecule has 25 heavy (non-hydrogen) atoms. The molecule has 7 heteroatoms. The molecule has 1 aromatic rings. The molecule has 138 valence electrons. The zero-order valence-electron chi connectivity index (χ0n) is 15.1. The van der Waals surface area contributed by atoms with Crippen LogP contribution in [0.25, 0.3) is 0 Å². The second kappa shape index (κ2) is 8.29. The Morgan fingerprint density at radius 1 is 1.24 bits per heavy atom. The Bertz CT molecular complexity index is 618. The zero-order chi connectivity index (χ0) is 17.8. The lowest BCUT2D eigenvalue weighted by Gasteiger charge is -2.26. The number of rotatable bonds is 5. The molecule has 0 radical (unpaired) electrons. The maximum absolute atomic E-state index is 12.7. The van der Waals surface area contributed by atoms with Crippen molar-refractivity contribution >= 4 is 23.2 Å². The van der Waals surface area contributed by atoms with Crippen LogP contribution in [0.1, 0.15) is 27.4 Å². The highest BCUT2D eigenvalue weighted by molar-refractivity contribution is 7.13. The summed E-state index contributed by atoms with van der Waals surface area (Å²) in [6.45, 7) is 7.18. The van der Waals surface area contributed by atoms with Crippen molar-refractivity contribution in [1.82, 2.24) is 14.7 Å². The standard InChI is InChI=1S/C18H27N3O3S/c1-14-4-5-16(25-14)18(23)20-8-3-7-19(10-11-20)15-6-9-21(17(15)22)12-13-24-2/h4-5,15H,3,6-13H2,1-2H3. The van der Waals surface area contributed by atoms with E-state index in [4.69, 9.17) is 4.74 Å². The molecule has 1 atom stereocenters. The van der Waals surface area contributed by atoms with Crippen LogP contribution in [-0.2, 0) is 9.53 Å². The molecular weight excluding hydrogens is 338 g/mol.